The first-order valence-corrected chi connectivity index (χ1v) is 9.10. The topological polar surface area (TPSA) is 75.3 Å². The molecule has 6 nitrogen and oxygen atoms in total. The van der Waals surface area contributed by atoms with Gasteiger partial charge in [0.15, 0.2) is 0 Å². The summed E-state index contributed by atoms with van der Waals surface area (Å²) in [6.07, 6.45) is 3.05. The molecule has 3 rings (SSSR count). The van der Waals surface area contributed by atoms with Gasteiger partial charge < -0.3 is 9.64 Å². The molecule has 1 unspecified atom stereocenters. The Morgan fingerprint density at radius 1 is 1.38 bits per heavy atom. The van der Waals surface area contributed by atoms with Crippen LogP contribution in [0.25, 0.3) is 10.9 Å². The van der Waals surface area contributed by atoms with E-state index in [9.17, 15) is 9.59 Å². The molecule has 0 aliphatic carbocycles. The summed E-state index contributed by atoms with van der Waals surface area (Å²) in [5.74, 6) is -0.347. The molecule has 2 heterocycles. The first kappa shape index (κ1) is 18.4. The molecule has 0 saturated heterocycles. The number of hydrogen-bond acceptors (Lipinski definition) is 4. The molecule has 0 radical (unpaired) electrons. The number of ether oxygens (including phenoxy) is 1. The zero-order chi connectivity index (χ0) is 18.9. The highest BCUT2D eigenvalue weighted by atomic mass is 16.5. The van der Waals surface area contributed by atoms with Crippen LogP contribution in [0.15, 0.2) is 18.3 Å². The highest BCUT2D eigenvalue weighted by molar-refractivity contribution is 5.86. The maximum Gasteiger partial charge on any atom is 0.302 e. The summed E-state index contributed by atoms with van der Waals surface area (Å²) in [6, 6.07) is 4.11. The average Bonchev–Trinajstić information content (AvgIpc) is 2.97. The highest BCUT2D eigenvalue weighted by Crippen LogP contribution is 2.31. The van der Waals surface area contributed by atoms with Crippen LogP contribution in [0.5, 0.6) is 0 Å². The van der Waals surface area contributed by atoms with Crippen molar-refractivity contribution in [2.45, 2.75) is 47.1 Å². The zero-order valence-electron chi connectivity index (χ0n) is 16.0. The Labute approximate surface area is 153 Å². The van der Waals surface area contributed by atoms with E-state index in [0.717, 1.165) is 10.9 Å². The number of benzene rings is 1. The second-order valence-electron chi connectivity index (χ2n) is 8.32. The standard InChI is InChI=1S/C20H27N3O3/c1-13(24)26-8-7-15-9-14-5-6-18-16(10-21-22-18)17(14)11-23(19(15)25)12-20(2,3)4/h5-6,10,15H,7-9,11-12H2,1-4H3,(H,21,22). The van der Waals surface area contributed by atoms with E-state index in [2.05, 4.69) is 37.0 Å². The third-order valence-corrected chi connectivity index (χ3v) is 4.75. The fourth-order valence-electron chi connectivity index (χ4n) is 3.66. The summed E-state index contributed by atoms with van der Waals surface area (Å²) in [4.78, 5) is 26.2. The molecule has 0 spiro atoms. The first-order chi connectivity index (χ1) is 12.2. The molecule has 1 aromatic heterocycles. The monoisotopic (exact) mass is 357 g/mol. The molecule has 1 aliphatic heterocycles. The Bertz CT molecular complexity index is 819. The van der Waals surface area contributed by atoms with E-state index in [4.69, 9.17) is 4.74 Å². The largest absolute Gasteiger partial charge is 0.466 e. The Balaban J connectivity index is 1.94. The normalized spacial score (nSPS) is 17.9. The van der Waals surface area contributed by atoms with Crippen molar-refractivity contribution >= 4 is 22.8 Å². The molecule has 2 aromatic rings. The first-order valence-electron chi connectivity index (χ1n) is 9.10. The van der Waals surface area contributed by atoms with Crippen molar-refractivity contribution in [3.63, 3.8) is 0 Å². The smallest absolute Gasteiger partial charge is 0.302 e. The molecular formula is C20H27N3O3. The fraction of sp³-hybridized carbons (Fsp3) is 0.550. The van der Waals surface area contributed by atoms with Gasteiger partial charge in [0.05, 0.1) is 18.3 Å². The second kappa shape index (κ2) is 7.09. The SMILES string of the molecule is CC(=O)OCCC1Cc2ccc3[nH]ncc3c2CN(CC(C)(C)C)C1=O. The number of rotatable bonds is 4. The quantitative estimate of drug-likeness (QED) is 0.854. The van der Waals surface area contributed by atoms with Crippen molar-refractivity contribution in [2.75, 3.05) is 13.2 Å². The maximum absolute atomic E-state index is 13.2. The van der Waals surface area contributed by atoms with Crippen molar-refractivity contribution in [2.24, 2.45) is 11.3 Å². The van der Waals surface area contributed by atoms with Crippen LogP contribution in [-0.4, -0.2) is 40.1 Å². The van der Waals surface area contributed by atoms with Gasteiger partial charge in [-0.25, -0.2) is 0 Å². The van der Waals surface area contributed by atoms with Gasteiger partial charge in [-0.05, 0) is 35.4 Å². The van der Waals surface area contributed by atoms with Crippen molar-refractivity contribution in [3.8, 4) is 0 Å². The molecule has 1 atom stereocenters. The van der Waals surface area contributed by atoms with Crippen LogP contribution in [0.3, 0.4) is 0 Å². The minimum Gasteiger partial charge on any atom is -0.466 e. The van der Waals surface area contributed by atoms with Crippen LogP contribution in [0, 0.1) is 11.3 Å². The van der Waals surface area contributed by atoms with Gasteiger partial charge >= 0.3 is 5.97 Å². The van der Waals surface area contributed by atoms with Crippen LogP contribution in [0.4, 0.5) is 0 Å². The lowest BCUT2D eigenvalue weighted by molar-refractivity contribution is -0.144. The molecule has 26 heavy (non-hydrogen) atoms. The van der Waals surface area contributed by atoms with Gasteiger partial charge in [0, 0.05) is 31.3 Å². The molecular weight excluding hydrogens is 330 g/mol. The number of carbonyl (C=O) groups is 2. The average molecular weight is 357 g/mol. The number of nitrogens with zero attached hydrogens (tertiary/aromatic N) is 2. The Kier molecular flexibility index (Phi) is 5.03. The van der Waals surface area contributed by atoms with Gasteiger partial charge in [0.2, 0.25) is 5.91 Å². The molecule has 1 aliphatic rings. The number of carbonyl (C=O) groups excluding carboxylic acids is 2. The predicted octanol–water partition coefficient (Wildman–Crippen LogP) is 3.06. The van der Waals surface area contributed by atoms with Crippen LogP contribution < -0.4 is 0 Å². The molecule has 1 aromatic carbocycles. The molecule has 1 amide bonds. The number of hydrogen-bond donors (Lipinski definition) is 1. The number of fused-ring (bicyclic) bond motifs is 3. The van der Waals surface area contributed by atoms with E-state index < -0.39 is 0 Å². The van der Waals surface area contributed by atoms with E-state index in [0.29, 0.717) is 25.9 Å². The van der Waals surface area contributed by atoms with Crippen molar-refractivity contribution < 1.29 is 14.3 Å². The molecule has 0 saturated carbocycles. The minimum absolute atomic E-state index is 0.00485. The summed E-state index contributed by atoms with van der Waals surface area (Å²) in [5.41, 5.74) is 3.34. The van der Waals surface area contributed by atoms with Gasteiger partial charge in [-0.15, -0.1) is 0 Å². The number of nitrogens with one attached hydrogen (secondary N) is 1. The lowest BCUT2D eigenvalue weighted by Crippen LogP contribution is -2.40. The van der Waals surface area contributed by atoms with Gasteiger partial charge in [-0.2, -0.15) is 5.10 Å². The number of aromatic amines is 1. The van der Waals surface area contributed by atoms with Crippen molar-refractivity contribution in [1.82, 2.24) is 15.1 Å². The van der Waals surface area contributed by atoms with E-state index in [1.807, 2.05) is 17.2 Å². The van der Waals surface area contributed by atoms with Crippen LogP contribution in [-0.2, 0) is 27.3 Å². The number of aromatic nitrogens is 2. The zero-order valence-corrected chi connectivity index (χ0v) is 16.0. The molecule has 0 bridgehead atoms. The minimum atomic E-state index is -0.307. The third kappa shape index (κ3) is 4.06. The summed E-state index contributed by atoms with van der Waals surface area (Å²) >= 11 is 0. The number of esters is 1. The van der Waals surface area contributed by atoms with E-state index in [1.165, 1.54) is 18.1 Å². The Morgan fingerprint density at radius 2 is 2.15 bits per heavy atom. The van der Waals surface area contributed by atoms with Gasteiger partial charge in [-0.1, -0.05) is 26.8 Å². The molecule has 0 fully saturated rings. The van der Waals surface area contributed by atoms with Crippen LogP contribution >= 0.6 is 0 Å². The summed E-state index contributed by atoms with van der Waals surface area (Å²) in [5, 5.41) is 8.25. The van der Waals surface area contributed by atoms with Crippen molar-refractivity contribution in [3.05, 3.63) is 29.5 Å². The fourth-order valence-corrected chi connectivity index (χ4v) is 3.66. The summed E-state index contributed by atoms with van der Waals surface area (Å²) in [6.45, 7) is 9.36. The highest BCUT2D eigenvalue weighted by Gasteiger charge is 2.32. The van der Waals surface area contributed by atoms with Gasteiger partial charge in [0.1, 0.15) is 0 Å². The van der Waals surface area contributed by atoms with E-state index >= 15 is 0 Å². The second-order valence-corrected chi connectivity index (χ2v) is 8.32. The lowest BCUT2D eigenvalue weighted by Gasteiger charge is -2.31. The molecule has 1 N–H and O–H groups in total. The van der Waals surface area contributed by atoms with Crippen molar-refractivity contribution in [1.29, 1.82) is 0 Å². The Morgan fingerprint density at radius 3 is 2.85 bits per heavy atom. The van der Waals surface area contributed by atoms with Gasteiger partial charge in [0.25, 0.3) is 0 Å². The van der Waals surface area contributed by atoms with Gasteiger partial charge in [-0.3, -0.25) is 14.7 Å². The summed E-state index contributed by atoms with van der Waals surface area (Å²) in [7, 11) is 0. The Hall–Kier alpha value is -2.37. The summed E-state index contributed by atoms with van der Waals surface area (Å²) < 4.78 is 5.09. The number of H-pyrrole nitrogens is 1. The van der Waals surface area contributed by atoms with Crippen LogP contribution in [0.2, 0.25) is 0 Å². The van der Waals surface area contributed by atoms with E-state index in [1.54, 1.807) is 0 Å². The number of amides is 1. The van der Waals surface area contributed by atoms with Crippen LogP contribution in [0.1, 0.15) is 45.2 Å². The maximum atomic E-state index is 13.2. The predicted molar refractivity (Wildman–Crippen MR) is 99.4 cm³/mol. The van der Waals surface area contributed by atoms with E-state index in [-0.39, 0.29) is 29.8 Å². The third-order valence-electron chi connectivity index (χ3n) is 4.75. The molecule has 140 valence electrons. The lowest BCUT2D eigenvalue weighted by atomic mass is 9.93. The molecule has 6 heteroatoms.